The second-order valence-electron chi connectivity index (χ2n) is 8.62. The summed E-state index contributed by atoms with van der Waals surface area (Å²) in [4.78, 5) is 27.3. The van der Waals surface area contributed by atoms with Gasteiger partial charge < -0.3 is 15.6 Å². The van der Waals surface area contributed by atoms with Gasteiger partial charge in [0.1, 0.15) is 17.5 Å². The first kappa shape index (κ1) is 20.6. The molecule has 2 heterocycles. The largest absolute Gasteiger partial charge is 0.356 e. The van der Waals surface area contributed by atoms with Gasteiger partial charge in [-0.15, -0.1) is 0 Å². The maximum Gasteiger partial charge on any atom is 0.224 e. The van der Waals surface area contributed by atoms with Crippen LogP contribution >= 0.6 is 0 Å². The van der Waals surface area contributed by atoms with E-state index in [0.717, 1.165) is 11.6 Å². The highest BCUT2D eigenvalue weighted by atomic mass is 19.1. The number of carbonyl (C=O) groups is 2. The number of hydrogen-bond acceptors (Lipinski definition) is 2. The fourth-order valence-corrected chi connectivity index (χ4v) is 4.78. The molecule has 3 N–H and O–H groups in total. The fraction of sp³-hybridized carbons (Fsp3) is 0.333. The van der Waals surface area contributed by atoms with Gasteiger partial charge in [0.05, 0.1) is 17.1 Å². The molecule has 2 fully saturated rings. The van der Waals surface area contributed by atoms with E-state index in [-0.39, 0.29) is 40.9 Å². The van der Waals surface area contributed by atoms with Crippen LogP contribution in [0.3, 0.4) is 0 Å². The highest BCUT2D eigenvalue weighted by Gasteiger charge is 2.39. The third kappa shape index (κ3) is 3.63. The van der Waals surface area contributed by atoms with Gasteiger partial charge in [-0.2, -0.15) is 0 Å². The zero-order chi connectivity index (χ0) is 22.4. The van der Waals surface area contributed by atoms with Crippen LogP contribution in [0.25, 0.3) is 22.2 Å². The van der Waals surface area contributed by atoms with Crippen molar-refractivity contribution < 1.29 is 22.8 Å². The monoisotopic (exact) mass is 441 g/mol. The van der Waals surface area contributed by atoms with Gasteiger partial charge >= 0.3 is 0 Å². The lowest BCUT2D eigenvalue weighted by molar-refractivity contribution is -0.128. The predicted octanol–water partition coefficient (Wildman–Crippen LogP) is 4.00. The highest BCUT2D eigenvalue weighted by Crippen LogP contribution is 2.48. The van der Waals surface area contributed by atoms with E-state index in [1.54, 1.807) is 12.1 Å². The molecule has 1 aromatic heterocycles. The number of aromatic nitrogens is 1. The number of amides is 2. The molecule has 0 bridgehead atoms. The summed E-state index contributed by atoms with van der Waals surface area (Å²) in [7, 11) is 0. The van der Waals surface area contributed by atoms with Crippen LogP contribution in [0.15, 0.2) is 36.4 Å². The van der Waals surface area contributed by atoms with Crippen molar-refractivity contribution in [3.8, 4) is 11.3 Å². The van der Waals surface area contributed by atoms with Crippen molar-refractivity contribution in [1.29, 1.82) is 0 Å². The van der Waals surface area contributed by atoms with E-state index in [2.05, 4.69) is 15.6 Å². The molecule has 1 saturated heterocycles. The topological polar surface area (TPSA) is 74.0 Å². The van der Waals surface area contributed by atoms with Crippen molar-refractivity contribution in [1.82, 2.24) is 15.6 Å². The Morgan fingerprint density at radius 1 is 1.06 bits per heavy atom. The Hall–Kier alpha value is -3.29. The number of H-pyrrole nitrogens is 1. The summed E-state index contributed by atoms with van der Waals surface area (Å²) < 4.78 is 41.9. The van der Waals surface area contributed by atoms with E-state index in [9.17, 15) is 22.8 Å². The molecule has 166 valence electrons. The molecule has 3 aromatic rings. The maximum atomic E-state index is 14.5. The molecular weight excluding hydrogens is 419 g/mol. The summed E-state index contributed by atoms with van der Waals surface area (Å²) in [5.41, 5.74) is 2.21. The van der Waals surface area contributed by atoms with Gasteiger partial charge in [-0.25, -0.2) is 13.2 Å². The number of carbonyl (C=O) groups excluding carboxylic acids is 2. The summed E-state index contributed by atoms with van der Waals surface area (Å²) in [6, 6.07) is 7.94. The Labute approximate surface area is 182 Å². The van der Waals surface area contributed by atoms with Gasteiger partial charge in [0.25, 0.3) is 0 Å². The first-order chi connectivity index (χ1) is 15.4. The molecule has 2 aliphatic rings. The molecule has 1 aliphatic heterocycles. The Morgan fingerprint density at radius 2 is 1.81 bits per heavy atom. The molecule has 0 radical (unpaired) electrons. The first-order valence-corrected chi connectivity index (χ1v) is 10.7. The van der Waals surface area contributed by atoms with Crippen LogP contribution in [-0.4, -0.2) is 29.9 Å². The summed E-state index contributed by atoms with van der Waals surface area (Å²) in [6.07, 6.45) is 1.77. The van der Waals surface area contributed by atoms with E-state index in [4.69, 9.17) is 0 Å². The van der Waals surface area contributed by atoms with Crippen molar-refractivity contribution in [3.05, 3.63) is 59.4 Å². The zero-order valence-electron chi connectivity index (χ0n) is 17.2. The zero-order valence-corrected chi connectivity index (χ0v) is 17.2. The number of benzene rings is 2. The minimum absolute atomic E-state index is 0.0384. The van der Waals surface area contributed by atoms with Crippen LogP contribution in [0.5, 0.6) is 0 Å². The quantitative estimate of drug-likeness (QED) is 0.560. The molecule has 2 amide bonds. The van der Waals surface area contributed by atoms with Crippen LogP contribution in [-0.2, 0) is 9.59 Å². The lowest BCUT2D eigenvalue weighted by atomic mass is 9.70. The molecular formula is C24H22F3N3O2. The molecule has 1 saturated carbocycles. The molecule has 32 heavy (non-hydrogen) atoms. The number of aromatic amines is 1. The number of nitrogens with one attached hydrogen (secondary N) is 3. The lowest BCUT2D eigenvalue weighted by Gasteiger charge is -2.35. The van der Waals surface area contributed by atoms with Crippen LogP contribution in [0.1, 0.15) is 30.7 Å². The van der Waals surface area contributed by atoms with E-state index in [0.29, 0.717) is 49.0 Å². The van der Waals surface area contributed by atoms with Crippen molar-refractivity contribution in [3.63, 3.8) is 0 Å². The van der Waals surface area contributed by atoms with Crippen LogP contribution in [0, 0.1) is 29.3 Å². The third-order valence-corrected chi connectivity index (χ3v) is 6.60. The number of hydrogen-bond donors (Lipinski definition) is 3. The van der Waals surface area contributed by atoms with Crippen molar-refractivity contribution in [2.45, 2.75) is 25.2 Å². The van der Waals surface area contributed by atoms with Crippen LogP contribution < -0.4 is 10.6 Å². The van der Waals surface area contributed by atoms with E-state index in [1.807, 2.05) is 0 Å². The molecule has 5 rings (SSSR count). The lowest BCUT2D eigenvalue weighted by Crippen LogP contribution is -2.41. The molecule has 0 spiro atoms. The average molecular weight is 441 g/mol. The van der Waals surface area contributed by atoms with Crippen molar-refractivity contribution >= 4 is 22.7 Å². The van der Waals surface area contributed by atoms with E-state index >= 15 is 0 Å². The summed E-state index contributed by atoms with van der Waals surface area (Å²) in [5, 5.41) is 6.05. The molecule has 1 unspecified atom stereocenters. The van der Waals surface area contributed by atoms with E-state index < -0.39 is 11.6 Å². The van der Waals surface area contributed by atoms with Gasteiger partial charge in [0, 0.05) is 30.5 Å². The molecule has 8 heteroatoms. The van der Waals surface area contributed by atoms with Gasteiger partial charge in [-0.05, 0) is 66.6 Å². The molecule has 1 aliphatic carbocycles. The van der Waals surface area contributed by atoms with Crippen LogP contribution in [0.2, 0.25) is 0 Å². The minimum atomic E-state index is -0.696. The van der Waals surface area contributed by atoms with Gasteiger partial charge in [0.15, 0.2) is 0 Å². The second kappa shape index (κ2) is 8.00. The van der Waals surface area contributed by atoms with Gasteiger partial charge in [-0.3, -0.25) is 9.59 Å². The second-order valence-corrected chi connectivity index (χ2v) is 8.62. The molecule has 1 atom stereocenters. The van der Waals surface area contributed by atoms with Crippen molar-refractivity contribution in [2.75, 3.05) is 13.1 Å². The SMILES string of the molecule is O=C1NCCC1CNC(=O)[C@H]1C[C@H](c2c(-c3ccc(F)cc3)[nH]c3c(F)cc(F)cc32)C1. The third-order valence-electron chi connectivity index (χ3n) is 6.60. The normalized spacial score (nSPS) is 22.6. The molecule has 2 aromatic carbocycles. The Morgan fingerprint density at radius 3 is 2.50 bits per heavy atom. The van der Waals surface area contributed by atoms with E-state index in [1.165, 1.54) is 18.2 Å². The van der Waals surface area contributed by atoms with Gasteiger partial charge in [0.2, 0.25) is 11.8 Å². The maximum absolute atomic E-state index is 14.5. The van der Waals surface area contributed by atoms with Gasteiger partial charge in [-0.1, -0.05) is 0 Å². The highest BCUT2D eigenvalue weighted by molar-refractivity contribution is 5.92. The predicted molar refractivity (Wildman–Crippen MR) is 113 cm³/mol. The Balaban J connectivity index is 1.39. The summed E-state index contributed by atoms with van der Waals surface area (Å²) in [6.45, 7) is 0.945. The summed E-state index contributed by atoms with van der Waals surface area (Å²) >= 11 is 0. The number of halogens is 3. The standard InChI is InChI=1S/C24H22F3N3O2/c25-16-3-1-12(2-4-16)21-20(18-9-17(26)10-19(27)22(18)30-21)14-7-15(8-14)24(32)29-11-13-5-6-28-23(13)31/h1-4,9-10,13-15,30H,5-8,11H2,(H,28,31)(H,29,32)/t13?,14-,15-. The fourth-order valence-electron chi connectivity index (χ4n) is 4.78. The summed E-state index contributed by atoms with van der Waals surface area (Å²) in [5.74, 6) is -2.41. The number of fused-ring (bicyclic) bond motifs is 1. The Kier molecular flexibility index (Phi) is 5.15. The molecule has 5 nitrogen and oxygen atoms in total. The van der Waals surface area contributed by atoms with Crippen molar-refractivity contribution in [2.24, 2.45) is 11.8 Å². The minimum Gasteiger partial charge on any atom is -0.356 e. The smallest absolute Gasteiger partial charge is 0.224 e. The average Bonchev–Trinajstić information content (AvgIpc) is 3.30. The number of rotatable bonds is 5. The Bertz CT molecular complexity index is 1200. The first-order valence-electron chi connectivity index (χ1n) is 10.7. The van der Waals surface area contributed by atoms with Crippen LogP contribution in [0.4, 0.5) is 13.2 Å².